The molecular formula is C18H16N2O2. The van der Waals surface area contributed by atoms with Crippen molar-refractivity contribution in [2.45, 2.75) is 13.0 Å². The van der Waals surface area contributed by atoms with Crippen LogP contribution in [-0.2, 0) is 0 Å². The van der Waals surface area contributed by atoms with Gasteiger partial charge in [-0.1, -0.05) is 36.4 Å². The summed E-state index contributed by atoms with van der Waals surface area (Å²) in [5.74, 6) is 0.427. The minimum atomic E-state index is -0.302. The van der Waals surface area contributed by atoms with E-state index in [1.807, 2.05) is 48.5 Å². The van der Waals surface area contributed by atoms with E-state index in [0.29, 0.717) is 11.3 Å². The van der Waals surface area contributed by atoms with Gasteiger partial charge in [-0.05, 0) is 30.7 Å². The maximum absolute atomic E-state index is 12.5. The summed E-state index contributed by atoms with van der Waals surface area (Å²) in [6, 6.07) is 16.8. The van der Waals surface area contributed by atoms with Crippen LogP contribution in [0.2, 0.25) is 0 Å². The molecule has 1 aromatic carbocycles. The molecule has 4 heteroatoms. The highest BCUT2D eigenvalue weighted by Gasteiger charge is 2.20. The number of aromatic nitrogens is 1. The van der Waals surface area contributed by atoms with E-state index in [9.17, 15) is 4.79 Å². The fourth-order valence-corrected chi connectivity index (χ4v) is 2.35. The first-order chi connectivity index (χ1) is 10.8. The number of nitrogens with zero attached hydrogens (tertiary/aromatic N) is 1. The van der Waals surface area contributed by atoms with Crippen molar-refractivity contribution >= 4 is 5.91 Å². The largest absolute Gasteiger partial charge is 0.469 e. The molecule has 0 saturated heterocycles. The van der Waals surface area contributed by atoms with Gasteiger partial charge in [0, 0.05) is 6.20 Å². The minimum absolute atomic E-state index is 0.175. The van der Waals surface area contributed by atoms with E-state index >= 15 is 0 Å². The lowest BCUT2D eigenvalue weighted by molar-refractivity contribution is 0.0941. The lowest BCUT2D eigenvalue weighted by Crippen LogP contribution is -2.30. The number of nitrogens with one attached hydrogen (secondary N) is 1. The number of amides is 1. The van der Waals surface area contributed by atoms with Crippen molar-refractivity contribution < 1.29 is 9.21 Å². The predicted molar refractivity (Wildman–Crippen MR) is 83.4 cm³/mol. The van der Waals surface area contributed by atoms with E-state index in [2.05, 4.69) is 10.3 Å². The van der Waals surface area contributed by atoms with Crippen LogP contribution in [0.3, 0.4) is 0 Å². The molecule has 110 valence electrons. The molecule has 0 aliphatic heterocycles. The Bertz CT molecular complexity index is 712. The fourth-order valence-electron chi connectivity index (χ4n) is 2.35. The van der Waals surface area contributed by atoms with E-state index in [-0.39, 0.29) is 11.9 Å². The van der Waals surface area contributed by atoms with E-state index in [0.717, 1.165) is 11.3 Å². The third-order valence-electron chi connectivity index (χ3n) is 3.50. The summed E-state index contributed by atoms with van der Waals surface area (Å²) < 4.78 is 5.20. The molecule has 0 radical (unpaired) electrons. The average molecular weight is 292 g/mol. The predicted octanol–water partition coefficient (Wildman–Crippen LogP) is 3.50. The van der Waals surface area contributed by atoms with Gasteiger partial charge in [0.25, 0.3) is 5.91 Å². The van der Waals surface area contributed by atoms with Crippen molar-refractivity contribution in [2.75, 3.05) is 0 Å². The smallest absolute Gasteiger partial charge is 0.255 e. The first-order valence-electron chi connectivity index (χ1n) is 7.06. The Morgan fingerprint density at radius 3 is 2.50 bits per heavy atom. The second kappa shape index (κ2) is 6.26. The zero-order valence-corrected chi connectivity index (χ0v) is 12.2. The van der Waals surface area contributed by atoms with Crippen LogP contribution in [-0.4, -0.2) is 10.9 Å². The number of carbonyl (C=O) groups is 1. The van der Waals surface area contributed by atoms with E-state index in [4.69, 9.17) is 4.42 Å². The van der Waals surface area contributed by atoms with E-state index in [1.54, 1.807) is 19.2 Å². The average Bonchev–Trinajstić information content (AvgIpc) is 3.00. The molecule has 0 aliphatic rings. The van der Waals surface area contributed by atoms with Gasteiger partial charge in [-0.3, -0.25) is 9.78 Å². The molecule has 0 saturated carbocycles. The molecule has 1 amide bonds. The molecular weight excluding hydrogens is 276 g/mol. The van der Waals surface area contributed by atoms with Crippen molar-refractivity contribution in [1.82, 2.24) is 10.3 Å². The van der Waals surface area contributed by atoms with E-state index < -0.39 is 0 Å². The van der Waals surface area contributed by atoms with E-state index in [1.165, 1.54) is 6.26 Å². The Kier molecular flexibility index (Phi) is 4.01. The van der Waals surface area contributed by atoms with Crippen molar-refractivity contribution in [1.29, 1.82) is 0 Å². The third-order valence-corrected chi connectivity index (χ3v) is 3.50. The number of aryl methyl sites for hydroxylation is 1. The zero-order chi connectivity index (χ0) is 15.4. The second-order valence-corrected chi connectivity index (χ2v) is 4.96. The molecule has 3 rings (SSSR count). The summed E-state index contributed by atoms with van der Waals surface area (Å²) in [5, 5.41) is 3.03. The summed E-state index contributed by atoms with van der Waals surface area (Å²) >= 11 is 0. The van der Waals surface area contributed by atoms with Crippen LogP contribution in [0.4, 0.5) is 0 Å². The second-order valence-electron chi connectivity index (χ2n) is 4.96. The van der Waals surface area contributed by atoms with Crippen LogP contribution in [0.15, 0.2) is 71.5 Å². The molecule has 2 aromatic heterocycles. The number of furan rings is 1. The van der Waals surface area contributed by atoms with Crippen molar-refractivity contribution in [2.24, 2.45) is 0 Å². The normalized spacial score (nSPS) is 11.9. The van der Waals surface area contributed by atoms with Gasteiger partial charge in [-0.15, -0.1) is 0 Å². The maximum atomic E-state index is 12.5. The van der Waals surface area contributed by atoms with Gasteiger partial charge < -0.3 is 9.73 Å². The molecule has 3 aromatic rings. The Morgan fingerprint density at radius 1 is 1.09 bits per heavy atom. The molecule has 22 heavy (non-hydrogen) atoms. The SMILES string of the molecule is Cc1occc1C(=O)NC(c1ccccc1)c1ccccn1. The number of hydrogen-bond acceptors (Lipinski definition) is 3. The highest BCUT2D eigenvalue weighted by atomic mass is 16.3. The van der Waals surface area contributed by atoms with Gasteiger partial charge in [-0.25, -0.2) is 0 Å². The summed E-state index contributed by atoms with van der Waals surface area (Å²) in [6.07, 6.45) is 3.24. The fraction of sp³-hybridized carbons (Fsp3) is 0.111. The molecule has 0 fully saturated rings. The molecule has 1 atom stereocenters. The Labute approximate surface area is 128 Å². The highest BCUT2D eigenvalue weighted by Crippen LogP contribution is 2.21. The summed E-state index contributed by atoms with van der Waals surface area (Å²) in [7, 11) is 0. The molecule has 1 N–H and O–H groups in total. The third kappa shape index (κ3) is 2.91. The van der Waals surface area contributed by atoms with Gasteiger partial charge in [0.1, 0.15) is 5.76 Å². The number of hydrogen-bond donors (Lipinski definition) is 1. The Morgan fingerprint density at radius 2 is 1.86 bits per heavy atom. The quantitative estimate of drug-likeness (QED) is 0.800. The van der Waals surface area contributed by atoms with Crippen LogP contribution < -0.4 is 5.32 Å². The molecule has 0 aliphatic carbocycles. The van der Waals surface area contributed by atoms with Gasteiger partial charge in [0.15, 0.2) is 0 Å². The first kappa shape index (κ1) is 14.1. The van der Waals surface area contributed by atoms with Gasteiger partial charge in [0.2, 0.25) is 0 Å². The highest BCUT2D eigenvalue weighted by molar-refractivity contribution is 5.95. The topological polar surface area (TPSA) is 55.1 Å². The lowest BCUT2D eigenvalue weighted by Gasteiger charge is -2.18. The van der Waals surface area contributed by atoms with Crippen molar-refractivity contribution in [3.05, 3.63) is 89.6 Å². The molecule has 0 spiro atoms. The molecule has 0 bridgehead atoms. The zero-order valence-electron chi connectivity index (χ0n) is 12.2. The maximum Gasteiger partial charge on any atom is 0.255 e. The standard InChI is InChI=1S/C18H16N2O2/c1-13-15(10-12-22-13)18(21)20-17(14-7-3-2-4-8-14)16-9-5-6-11-19-16/h2-12,17H,1H3,(H,20,21). The monoisotopic (exact) mass is 292 g/mol. The van der Waals surface area contributed by atoms with Crippen LogP contribution in [0.5, 0.6) is 0 Å². The van der Waals surface area contributed by atoms with Gasteiger partial charge in [-0.2, -0.15) is 0 Å². The number of rotatable bonds is 4. The summed E-state index contributed by atoms with van der Waals surface area (Å²) in [5.41, 5.74) is 2.32. The Hall–Kier alpha value is -2.88. The van der Waals surface area contributed by atoms with Crippen LogP contribution in [0.1, 0.15) is 33.4 Å². The molecule has 2 heterocycles. The summed E-state index contributed by atoms with van der Waals surface area (Å²) in [4.78, 5) is 16.9. The van der Waals surface area contributed by atoms with Crippen LogP contribution in [0, 0.1) is 6.92 Å². The summed E-state index contributed by atoms with van der Waals surface area (Å²) in [6.45, 7) is 1.77. The van der Waals surface area contributed by atoms with Crippen LogP contribution >= 0.6 is 0 Å². The van der Waals surface area contributed by atoms with Crippen molar-refractivity contribution in [3.63, 3.8) is 0 Å². The number of benzene rings is 1. The number of carbonyl (C=O) groups excluding carboxylic acids is 1. The molecule has 1 unspecified atom stereocenters. The number of pyridine rings is 1. The molecule has 4 nitrogen and oxygen atoms in total. The minimum Gasteiger partial charge on any atom is -0.469 e. The first-order valence-corrected chi connectivity index (χ1v) is 7.06. The van der Waals surface area contributed by atoms with Crippen molar-refractivity contribution in [3.8, 4) is 0 Å². The lowest BCUT2D eigenvalue weighted by atomic mass is 10.0. The van der Waals surface area contributed by atoms with Gasteiger partial charge in [0.05, 0.1) is 23.6 Å². The van der Waals surface area contributed by atoms with Gasteiger partial charge >= 0.3 is 0 Å². The van der Waals surface area contributed by atoms with Crippen LogP contribution in [0.25, 0.3) is 0 Å². The Balaban J connectivity index is 1.93.